The number of hydrogen-bond donors (Lipinski definition) is 1. The third-order valence-corrected chi connectivity index (χ3v) is 4.31. The molecule has 0 saturated heterocycles. The summed E-state index contributed by atoms with van der Waals surface area (Å²) in [6, 6.07) is 8.54. The van der Waals surface area contributed by atoms with Gasteiger partial charge in [-0.1, -0.05) is 41.9 Å². The van der Waals surface area contributed by atoms with Gasteiger partial charge in [0, 0.05) is 16.5 Å². The summed E-state index contributed by atoms with van der Waals surface area (Å²) in [5, 5.41) is 9.30. The molecule has 0 radical (unpaired) electrons. The Labute approximate surface area is 99.6 Å². The monoisotopic (exact) mass is 268 g/mol. The second kappa shape index (κ2) is 3.91. The van der Waals surface area contributed by atoms with E-state index in [1.165, 1.54) is 5.56 Å². The lowest BCUT2D eigenvalue weighted by molar-refractivity contribution is 0.252. The summed E-state index contributed by atoms with van der Waals surface area (Å²) in [5.74, 6) is 1.05. The van der Waals surface area contributed by atoms with Gasteiger partial charge in [-0.15, -0.1) is 0 Å². The van der Waals surface area contributed by atoms with Gasteiger partial charge in [0.2, 0.25) is 0 Å². The van der Waals surface area contributed by atoms with Crippen LogP contribution in [0.15, 0.2) is 28.7 Å². The van der Waals surface area contributed by atoms with E-state index < -0.39 is 0 Å². The third kappa shape index (κ3) is 1.74. The number of aliphatic hydroxyl groups excluding tert-OH is 1. The summed E-state index contributed by atoms with van der Waals surface area (Å²) >= 11 is 3.45. The van der Waals surface area contributed by atoms with Crippen LogP contribution in [-0.4, -0.2) is 11.7 Å². The van der Waals surface area contributed by atoms with E-state index in [9.17, 15) is 5.11 Å². The standard InChI is InChI=1S/C13H17BrO/c1-9(2)13(7-11(13)8-15)10-3-5-12(14)6-4-10/h3-6,9,11,15H,7-8H2,1-2H3. The minimum absolute atomic E-state index is 0.232. The van der Waals surface area contributed by atoms with E-state index in [0.29, 0.717) is 18.4 Å². The lowest BCUT2D eigenvalue weighted by Crippen LogP contribution is -2.19. The smallest absolute Gasteiger partial charge is 0.0468 e. The molecular formula is C13H17BrO. The Morgan fingerprint density at radius 1 is 1.40 bits per heavy atom. The molecule has 82 valence electrons. The highest BCUT2D eigenvalue weighted by Crippen LogP contribution is 2.58. The van der Waals surface area contributed by atoms with Crippen molar-refractivity contribution < 1.29 is 5.11 Å². The van der Waals surface area contributed by atoms with Crippen LogP contribution in [-0.2, 0) is 5.41 Å². The average Bonchev–Trinajstić information content (AvgIpc) is 2.94. The summed E-state index contributed by atoms with van der Waals surface area (Å²) < 4.78 is 1.12. The van der Waals surface area contributed by atoms with Crippen LogP contribution in [0.5, 0.6) is 0 Å². The molecule has 1 saturated carbocycles. The number of halogens is 1. The maximum absolute atomic E-state index is 9.30. The molecular weight excluding hydrogens is 252 g/mol. The van der Waals surface area contributed by atoms with Crippen LogP contribution >= 0.6 is 15.9 Å². The number of aliphatic hydroxyl groups is 1. The third-order valence-electron chi connectivity index (χ3n) is 3.78. The lowest BCUT2D eigenvalue weighted by Gasteiger charge is -2.22. The molecule has 1 fully saturated rings. The highest BCUT2D eigenvalue weighted by Gasteiger charge is 2.56. The molecule has 2 rings (SSSR count). The second-order valence-electron chi connectivity index (χ2n) is 4.79. The molecule has 1 nitrogen and oxygen atoms in total. The zero-order valence-corrected chi connectivity index (χ0v) is 10.8. The fourth-order valence-electron chi connectivity index (χ4n) is 2.73. The van der Waals surface area contributed by atoms with E-state index in [-0.39, 0.29) is 5.41 Å². The Kier molecular flexibility index (Phi) is 2.91. The van der Waals surface area contributed by atoms with Crippen molar-refractivity contribution in [3.8, 4) is 0 Å². The molecule has 2 atom stereocenters. The van der Waals surface area contributed by atoms with Gasteiger partial charge in [-0.05, 0) is 36.0 Å². The van der Waals surface area contributed by atoms with Gasteiger partial charge in [0.05, 0.1) is 0 Å². The highest BCUT2D eigenvalue weighted by molar-refractivity contribution is 9.10. The Hall–Kier alpha value is -0.340. The maximum Gasteiger partial charge on any atom is 0.0468 e. The normalized spacial score (nSPS) is 29.5. The molecule has 15 heavy (non-hydrogen) atoms. The number of benzene rings is 1. The van der Waals surface area contributed by atoms with Crippen LogP contribution in [0.1, 0.15) is 25.8 Å². The Balaban J connectivity index is 2.32. The topological polar surface area (TPSA) is 20.2 Å². The number of hydrogen-bond acceptors (Lipinski definition) is 1. The largest absolute Gasteiger partial charge is 0.396 e. The molecule has 1 aliphatic rings. The fourth-order valence-corrected chi connectivity index (χ4v) is 2.99. The zero-order valence-electron chi connectivity index (χ0n) is 9.20. The van der Waals surface area contributed by atoms with Crippen molar-refractivity contribution in [3.05, 3.63) is 34.3 Å². The van der Waals surface area contributed by atoms with E-state index >= 15 is 0 Å². The van der Waals surface area contributed by atoms with Gasteiger partial charge in [0.15, 0.2) is 0 Å². The van der Waals surface area contributed by atoms with Crippen molar-refractivity contribution in [2.75, 3.05) is 6.61 Å². The molecule has 0 spiro atoms. The lowest BCUT2D eigenvalue weighted by atomic mass is 9.83. The van der Waals surface area contributed by atoms with Gasteiger partial charge < -0.3 is 5.11 Å². The molecule has 0 aromatic heterocycles. The van der Waals surface area contributed by atoms with Gasteiger partial charge in [-0.2, -0.15) is 0 Å². The first-order chi connectivity index (χ1) is 7.11. The first kappa shape index (κ1) is 11.2. The summed E-state index contributed by atoms with van der Waals surface area (Å²) in [6.07, 6.45) is 1.13. The quantitative estimate of drug-likeness (QED) is 0.892. The molecule has 1 aromatic carbocycles. The molecule has 1 aromatic rings. The summed E-state index contributed by atoms with van der Waals surface area (Å²) in [6.45, 7) is 4.81. The Morgan fingerprint density at radius 3 is 2.40 bits per heavy atom. The predicted molar refractivity (Wildman–Crippen MR) is 65.9 cm³/mol. The molecule has 2 heteroatoms. The van der Waals surface area contributed by atoms with E-state index in [4.69, 9.17) is 0 Å². The van der Waals surface area contributed by atoms with E-state index in [1.807, 2.05) is 0 Å². The Bertz CT molecular complexity index is 344. The first-order valence-corrected chi connectivity index (χ1v) is 6.27. The molecule has 2 unspecified atom stereocenters. The predicted octanol–water partition coefficient (Wildman–Crippen LogP) is 3.36. The van der Waals surface area contributed by atoms with Crippen LogP contribution in [0.2, 0.25) is 0 Å². The van der Waals surface area contributed by atoms with Crippen molar-refractivity contribution in [2.24, 2.45) is 11.8 Å². The molecule has 1 N–H and O–H groups in total. The van der Waals surface area contributed by atoms with E-state index in [1.54, 1.807) is 0 Å². The minimum Gasteiger partial charge on any atom is -0.396 e. The van der Waals surface area contributed by atoms with Crippen molar-refractivity contribution in [1.29, 1.82) is 0 Å². The second-order valence-corrected chi connectivity index (χ2v) is 5.70. The van der Waals surface area contributed by atoms with Gasteiger partial charge in [0.25, 0.3) is 0 Å². The van der Waals surface area contributed by atoms with Crippen molar-refractivity contribution in [1.82, 2.24) is 0 Å². The molecule has 1 aliphatic carbocycles. The zero-order chi connectivity index (χ0) is 11.1. The van der Waals surface area contributed by atoms with Crippen LogP contribution < -0.4 is 0 Å². The van der Waals surface area contributed by atoms with Gasteiger partial charge in [0.1, 0.15) is 0 Å². The van der Waals surface area contributed by atoms with Crippen molar-refractivity contribution in [3.63, 3.8) is 0 Å². The molecule has 0 heterocycles. The van der Waals surface area contributed by atoms with Crippen LogP contribution in [0.4, 0.5) is 0 Å². The molecule has 0 bridgehead atoms. The maximum atomic E-state index is 9.30. The van der Waals surface area contributed by atoms with Crippen LogP contribution in [0.3, 0.4) is 0 Å². The van der Waals surface area contributed by atoms with Crippen molar-refractivity contribution >= 4 is 15.9 Å². The van der Waals surface area contributed by atoms with E-state index in [2.05, 4.69) is 54.0 Å². The molecule has 0 amide bonds. The van der Waals surface area contributed by atoms with Crippen LogP contribution in [0.25, 0.3) is 0 Å². The summed E-state index contributed by atoms with van der Waals surface area (Å²) in [4.78, 5) is 0. The van der Waals surface area contributed by atoms with Crippen LogP contribution in [0, 0.1) is 11.8 Å². The SMILES string of the molecule is CC(C)C1(c2ccc(Br)cc2)CC1CO. The van der Waals surface area contributed by atoms with Gasteiger partial charge >= 0.3 is 0 Å². The minimum atomic E-state index is 0.232. The van der Waals surface area contributed by atoms with Crippen molar-refractivity contribution in [2.45, 2.75) is 25.7 Å². The number of rotatable bonds is 3. The van der Waals surface area contributed by atoms with Gasteiger partial charge in [-0.25, -0.2) is 0 Å². The molecule has 0 aliphatic heterocycles. The first-order valence-electron chi connectivity index (χ1n) is 5.48. The van der Waals surface area contributed by atoms with Gasteiger partial charge in [-0.3, -0.25) is 0 Å². The van der Waals surface area contributed by atoms with E-state index in [0.717, 1.165) is 10.9 Å². The fraction of sp³-hybridized carbons (Fsp3) is 0.538. The summed E-state index contributed by atoms with van der Waals surface area (Å²) in [5.41, 5.74) is 1.61. The summed E-state index contributed by atoms with van der Waals surface area (Å²) in [7, 11) is 0. The highest BCUT2D eigenvalue weighted by atomic mass is 79.9. The Morgan fingerprint density at radius 2 is 2.00 bits per heavy atom. The average molecular weight is 269 g/mol.